The van der Waals surface area contributed by atoms with Gasteiger partial charge in [0.2, 0.25) is 0 Å². The molecular weight excluding hydrogens is 459 g/mol. The van der Waals surface area contributed by atoms with Crippen LogP contribution in [0.3, 0.4) is 0 Å². The number of imidazole rings is 1. The van der Waals surface area contributed by atoms with Crippen LogP contribution in [0.5, 0.6) is 0 Å². The third kappa shape index (κ3) is 11.2. The van der Waals surface area contributed by atoms with Crippen LogP contribution in [0.4, 0.5) is 0 Å². The molecule has 33 heavy (non-hydrogen) atoms. The van der Waals surface area contributed by atoms with Gasteiger partial charge in [0.15, 0.2) is 0 Å². The van der Waals surface area contributed by atoms with E-state index in [1.807, 2.05) is 47.6 Å². The normalized spacial score (nSPS) is 13.7. The standard InChI is InChI=1S/C25H40Cl2N4O2/c1-29(2)14-16-32-23(26)10-8-21-7-6-20(19-25-28-12-13-31(25)5)18-22(21)9-11-24(27)33-17-15-30(3)4/h6-7,12-13,18,23-24H,8-11,14-17,19H2,1-5H3. The second-order valence-corrected chi connectivity index (χ2v) is 9.95. The number of likely N-dealkylation sites (N-methyl/N-ethyl adjacent to an activating group) is 2. The smallest absolute Gasteiger partial charge is 0.131 e. The minimum absolute atomic E-state index is 0.291. The van der Waals surface area contributed by atoms with Gasteiger partial charge in [0.25, 0.3) is 0 Å². The van der Waals surface area contributed by atoms with Crippen molar-refractivity contribution in [3.63, 3.8) is 0 Å². The van der Waals surface area contributed by atoms with Crippen molar-refractivity contribution in [2.24, 2.45) is 7.05 Å². The molecule has 6 nitrogen and oxygen atoms in total. The third-order valence-corrected chi connectivity index (χ3v) is 6.20. The highest BCUT2D eigenvalue weighted by Gasteiger charge is 2.13. The monoisotopic (exact) mass is 498 g/mol. The van der Waals surface area contributed by atoms with Crippen LogP contribution in [0.2, 0.25) is 0 Å². The molecule has 1 aromatic carbocycles. The highest BCUT2D eigenvalue weighted by atomic mass is 35.5. The SMILES string of the molecule is CN(C)CCOC(Cl)CCc1ccc(Cc2nccn2C)cc1CCC(Cl)OCCN(C)C. The Morgan fingerprint density at radius 1 is 0.909 bits per heavy atom. The number of alkyl halides is 2. The lowest BCUT2D eigenvalue weighted by atomic mass is 9.95. The molecule has 2 rings (SSSR count). The highest BCUT2D eigenvalue weighted by Crippen LogP contribution is 2.21. The number of aromatic nitrogens is 2. The maximum absolute atomic E-state index is 6.45. The van der Waals surface area contributed by atoms with E-state index in [9.17, 15) is 0 Å². The topological polar surface area (TPSA) is 42.8 Å². The number of hydrogen-bond acceptors (Lipinski definition) is 5. The van der Waals surface area contributed by atoms with Crippen LogP contribution >= 0.6 is 23.2 Å². The molecule has 0 bridgehead atoms. The first-order valence-corrected chi connectivity index (χ1v) is 12.5. The lowest BCUT2D eigenvalue weighted by Gasteiger charge is -2.17. The quantitative estimate of drug-likeness (QED) is 0.325. The van der Waals surface area contributed by atoms with Gasteiger partial charge in [-0.25, -0.2) is 4.98 Å². The predicted octanol–water partition coefficient (Wildman–Crippen LogP) is 4.16. The average molecular weight is 500 g/mol. The van der Waals surface area contributed by atoms with E-state index in [1.165, 1.54) is 16.7 Å². The molecule has 2 aromatic rings. The number of aryl methyl sites for hydroxylation is 3. The maximum atomic E-state index is 6.45. The Morgan fingerprint density at radius 3 is 2.00 bits per heavy atom. The highest BCUT2D eigenvalue weighted by molar-refractivity contribution is 6.19. The Hall–Kier alpha value is -1.15. The van der Waals surface area contributed by atoms with Crippen molar-refractivity contribution in [2.75, 3.05) is 54.5 Å². The van der Waals surface area contributed by atoms with Crippen LogP contribution in [0, 0.1) is 0 Å². The van der Waals surface area contributed by atoms with E-state index < -0.39 is 0 Å². The summed E-state index contributed by atoms with van der Waals surface area (Å²) in [4.78, 5) is 8.64. The van der Waals surface area contributed by atoms with Crippen LogP contribution in [0.1, 0.15) is 35.4 Å². The molecule has 0 amide bonds. The Bertz CT molecular complexity index is 813. The van der Waals surface area contributed by atoms with Gasteiger partial charge < -0.3 is 23.8 Å². The minimum Gasteiger partial charge on any atom is -0.361 e. The third-order valence-electron chi connectivity index (χ3n) is 5.51. The predicted molar refractivity (Wildman–Crippen MR) is 137 cm³/mol. The van der Waals surface area contributed by atoms with Gasteiger partial charge in [-0.2, -0.15) is 0 Å². The number of ether oxygens (including phenoxy) is 2. The molecule has 1 heterocycles. The van der Waals surface area contributed by atoms with Crippen LogP contribution in [-0.4, -0.2) is 85.0 Å². The van der Waals surface area contributed by atoms with Gasteiger partial charge in [0, 0.05) is 39.0 Å². The first kappa shape index (κ1) is 28.1. The van der Waals surface area contributed by atoms with E-state index in [2.05, 4.69) is 37.5 Å². The first-order chi connectivity index (χ1) is 15.7. The van der Waals surface area contributed by atoms with Crippen molar-refractivity contribution in [3.05, 3.63) is 53.1 Å². The molecule has 2 atom stereocenters. The van der Waals surface area contributed by atoms with Crippen molar-refractivity contribution >= 4 is 23.2 Å². The van der Waals surface area contributed by atoms with Gasteiger partial charge in [0.1, 0.15) is 17.0 Å². The molecule has 0 radical (unpaired) electrons. The van der Waals surface area contributed by atoms with Gasteiger partial charge >= 0.3 is 0 Å². The fourth-order valence-electron chi connectivity index (χ4n) is 3.45. The molecule has 186 valence electrons. The number of rotatable bonds is 16. The van der Waals surface area contributed by atoms with Crippen LogP contribution in [-0.2, 0) is 35.8 Å². The zero-order valence-electron chi connectivity index (χ0n) is 20.8. The Morgan fingerprint density at radius 2 is 1.48 bits per heavy atom. The van der Waals surface area contributed by atoms with Gasteiger partial charge in [0.05, 0.1) is 13.2 Å². The lowest BCUT2D eigenvalue weighted by Crippen LogP contribution is -2.21. The molecule has 0 saturated heterocycles. The number of hydrogen-bond donors (Lipinski definition) is 0. The van der Waals surface area contributed by atoms with Crippen LogP contribution < -0.4 is 0 Å². The summed E-state index contributed by atoms with van der Waals surface area (Å²) in [5.74, 6) is 1.05. The maximum Gasteiger partial charge on any atom is 0.131 e. The van der Waals surface area contributed by atoms with E-state index in [1.54, 1.807) is 0 Å². The molecule has 0 saturated carbocycles. The fourth-order valence-corrected chi connectivity index (χ4v) is 3.84. The van der Waals surface area contributed by atoms with Gasteiger partial charge in [-0.1, -0.05) is 41.4 Å². The van der Waals surface area contributed by atoms with Crippen LogP contribution in [0.15, 0.2) is 30.6 Å². The van der Waals surface area contributed by atoms with Crippen LogP contribution in [0.25, 0.3) is 0 Å². The summed E-state index contributed by atoms with van der Waals surface area (Å²) in [5.41, 5.74) is 3.23. The van der Waals surface area contributed by atoms with Crippen molar-refractivity contribution in [1.82, 2.24) is 19.4 Å². The Labute approximate surface area is 209 Å². The molecule has 2 unspecified atom stereocenters. The minimum atomic E-state index is -0.300. The van der Waals surface area contributed by atoms with E-state index in [0.717, 1.165) is 51.0 Å². The average Bonchev–Trinajstić information content (AvgIpc) is 3.15. The zero-order chi connectivity index (χ0) is 24.2. The van der Waals surface area contributed by atoms with E-state index >= 15 is 0 Å². The fraction of sp³-hybridized carbons (Fsp3) is 0.640. The summed E-state index contributed by atoms with van der Waals surface area (Å²) in [6, 6.07) is 6.69. The van der Waals surface area contributed by atoms with Crippen molar-refractivity contribution in [3.8, 4) is 0 Å². The second kappa shape index (κ2) is 15.0. The summed E-state index contributed by atoms with van der Waals surface area (Å²) >= 11 is 12.9. The summed E-state index contributed by atoms with van der Waals surface area (Å²) in [6.07, 6.45) is 7.86. The van der Waals surface area contributed by atoms with Crippen molar-refractivity contribution in [2.45, 2.75) is 43.2 Å². The lowest BCUT2D eigenvalue weighted by molar-refractivity contribution is 0.0880. The van der Waals surface area contributed by atoms with Gasteiger partial charge in [-0.3, -0.25) is 0 Å². The van der Waals surface area contributed by atoms with Crippen molar-refractivity contribution in [1.29, 1.82) is 0 Å². The van der Waals surface area contributed by atoms with Gasteiger partial charge in [-0.05, 0) is 70.6 Å². The number of halogens is 2. The summed E-state index contributed by atoms with van der Waals surface area (Å²) in [5, 5.41) is 0. The molecule has 0 spiro atoms. The molecule has 0 fully saturated rings. The molecule has 0 aliphatic carbocycles. The van der Waals surface area contributed by atoms with Crippen molar-refractivity contribution < 1.29 is 9.47 Å². The Kier molecular flexibility index (Phi) is 12.7. The van der Waals surface area contributed by atoms with E-state index in [-0.39, 0.29) is 11.1 Å². The van der Waals surface area contributed by atoms with E-state index in [4.69, 9.17) is 32.7 Å². The first-order valence-electron chi connectivity index (χ1n) is 11.6. The van der Waals surface area contributed by atoms with Gasteiger partial charge in [-0.15, -0.1) is 0 Å². The number of benzene rings is 1. The number of nitrogens with zero attached hydrogens (tertiary/aromatic N) is 4. The second-order valence-electron chi connectivity index (χ2n) is 8.98. The summed E-state index contributed by atoms with van der Waals surface area (Å²) in [6.45, 7) is 2.99. The summed E-state index contributed by atoms with van der Waals surface area (Å²) in [7, 11) is 10.1. The summed E-state index contributed by atoms with van der Waals surface area (Å²) < 4.78 is 13.6. The van der Waals surface area contributed by atoms with E-state index in [0.29, 0.717) is 13.2 Å². The zero-order valence-corrected chi connectivity index (χ0v) is 22.3. The Balaban J connectivity index is 2.00. The molecule has 1 aromatic heterocycles. The molecular formula is C25H40Cl2N4O2. The molecule has 0 N–H and O–H groups in total. The molecule has 0 aliphatic rings. The molecule has 8 heteroatoms. The molecule has 0 aliphatic heterocycles. The largest absolute Gasteiger partial charge is 0.361 e.